The van der Waals surface area contributed by atoms with Crippen molar-refractivity contribution < 1.29 is 9.90 Å². The lowest BCUT2D eigenvalue weighted by Crippen LogP contribution is -2.18. The van der Waals surface area contributed by atoms with E-state index in [-0.39, 0.29) is 0 Å². The smallest absolute Gasteiger partial charge is 0.312 e. The molecule has 100 valence electrons. The van der Waals surface area contributed by atoms with E-state index in [2.05, 4.69) is 4.99 Å². The number of carboxylic acid groups (broad SMARTS) is 1. The number of aromatic nitrogens is 1. The number of thiazole rings is 1. The van der Waals surface area contributed by atoms with Gasteiger partial charge in [-0.05, 0) is 26.0 Å². The van der Waals surface area contributed by atoms with Crippen molar-refractivity contribution in [3.05, 3.63) is 45.7 Å². The number of aryl methyl sites for hydroxylation is 1. The summed E-state index contributed by atoms with van der Waals surface area (Å²) < 4.78 is 1.84. The van der Waals surface area contributed by atoms with Crippen molar-refractivity contribution in [1.29, 1.82) is 0 Å². The lowest BCUT2D eigenvalue weighted by molar-refractivity contribution is -0.138. The van der Waals surface area contributed by atoms with Crippen LogP contribution < -0.4 is 4.80 Å². The predicted molar refractivity (Wildman–Crippen MR) is 75.7 cm³/mol. The summed E-state index contributed by atoms with van der Waals surface area (Å²) in [6.45, 7) is 3.71. The molecule has 1 N–H and O–H groups in total. The fourth-order valence-electron chi connectivity index (χ4n) is 1.73. The molecule has 2 aromatic rings. The van der Waals surface area contributed by atoms with E-state index in [0.717, 1.165) is 16.2 Å². The predicted octanol–water partition coefficient (Wildman–Crippen LogP) is 2.82. The van der Waals surface area contributed by atoms with Crippen LogP contribution in [-0.4, -0.2) is 15.6 Å². The molecule has 0 amide bonds. The van der Waals surface area contributed by atoms with Crippen LogP contribution in [0.15, 0.2) is 34.6 Å². The highest BCUT2D eigenvalue weighted by molar-refractivity contribution is 7.07. The highest BCUT2D eigenvalue weighted by Crippen LogP contribution is 2.16. The zero-order chi connectivity index (χ0) is 14.0. The van der Waals surface area contributed by atoms with Gasteiger partial charge >= 0.3 is 5.97 Å². The zero-order valence-electron chi connectivity index (χ0n) is 11.1. The van der Waals surface area contributed by atoms with Gasteiger partial charge in [-0.15, -0.1) is 11.3 Å². The van der Waals surface area contributed by atoms with Crippen LogP contribution in [0.25, 0.3) is 0 Å². The molecule has 0 aliphatic rings. The van der Waals surface area contributed by atoms with E-state index in [9.17, 15) is 4.79 Å². The molecule has 1 atom stereocenters. The average molecular weight is 276 g/mol. The SMILES string of the molecule is Cc1ccc(N=c2scc(C(C)C(=O)O)n2C)cc1. The monoisotopic (exact) mass is 276 g/mol. The van der Waals surface area contributed by atoms with Crippen molar-refractivity contribution in [3.63, 3.8) is 0 Å². The summed E-state index contributed by atoms with van der Waals surface area (Å²) in [5.74, 6) is -1.35. The third kappa shape index (κ3) is 2.93. The van der Waals surface area contributed by atoms with Crippen LogP contribution in [0.3, 0.4) is 0 Å². The molecule has 1 aromatic carbocycles. The lowest BCUT2D eigenvalue weighted by Gasteiger charge is -2.06. The minimum absolute atomic E-state index is 0.525. The molecule has 0 fully saturated rings. The summed E-state index contributed by atoms with van der Waals surface area (Å²) in [5, 5.41) is 10.9. The van der Waals surface area contributed by atoms with Gasteiger partial charge in [0.2, 0.25) is 0 Å². The van der Waals surface area contributed by atoms with Crippen LogP contribution in [0.2, 0.25) is 0 Å². The maximum atomic E-state index is 11.0. The second kappa shape index (κ2) is 5.40. The van der Waals surface area contributed by atoms with Gasteiger partial charge in [-0.2, -0.15) is 0 Å². The lowest BCUT2D eigenvalue weighted by atomic mass is 10.1. The van der Waals surface area contributed by atoms with Crippen LogP contribution >= 0.6 is 11.3 Å². The highest BCUT2D eigenvalue weighted by atomic mass is 32.1. The van der Waals surface area contributed by atoms with Gasteiger partial charge in [0.25, 0.3) is 0 Å². The molecule has 4 nitrogen and oxygen atoms in total. The number of hydrogen-bond donors (Lipinski definition) is 1. The second-order valence-corrected chi connectivity index (χ2v) is 5.35. The molecule has 0 saturated heterocycles. The first-order valence-electron chi connectivity index (χ1n) is 5.97. The van der Waals surface area contributed by atoms with Gasteiger partial charge in [0, 0.05) is 18.1 Å². The Labute approximate surface area is 115 Å². The normalized spacial score (nSPS) is 13.5. The first-order chi connectivity index (χ1) is 8.99. The Morgan fingerprint density at radius 3 is 2.58 bits per heavy atom. The molecule has 0 saturated carbocycles. The maximum absolute atomic E-state index is 11.0. The van der Waals surface area contributed by atoms with Gasteiger partial charge in [-0.3, -0.25) is 4.79 Å². The molecule has 0 bridgehead atoms. The number of carboxylic acids is 1. The first kappa shape index (κ1) is 13.5. The van der Waals surface area contributed by atoms with Crippen LogP contribution in [-0.2, 0) is 11.8 Å². The Morgan fingerprint density at radius 1 is 1.37 bits per heavy atom. The van der Waals surface area contributed by atoms with Gasteiger partial charge in [0.1, 0.15) is 0 Å². The van der Waals surface area contributed by atoms with E-state index in [4.69, 9.17) is 5.11 Å². The number of carbonyl (C=O) groups is 1. The number of nitrogens with zero attached hydrogens (tertiary/aromatic N) is 2. The van der Waals surface area contributed by atoms with Crippen molar-refractivity contribution in [3.8, 4) is 0 Å². The maximum Gasteiger partial charge on any atom is 0.312 e. The fourth-order valence-corrected chi connectivity index (χ4v) is 2.74. The molecule has 0 radical (unpaired) electrons. The largest absolute Gasteiger partial charge is 0.481 e. The number of benzene rings is 1. The first-order valence-corrected chi connectivity index (χ1v) is 6.85. The Balaban J connectivity index is 2.42. The van der Waals surface area contributed by atoms with Crippen LogP contribution in [0.1, 0.15) is 24.1 Å². The number of rotatable bonds is 3. The molecule has 0 aliphatic carbocycles. The van der Waals surface area contributed by atoms with Gasteiger partial charge < -0.3 is 9.67 Å². The van der Waals surface area contributed by atoms with Gasteiger partial charge in [0.05, 0.1) is 11.6 Å². The fraction of sp³-hybridized carbons (Fsp3) is 0.286. The quantitative estimate of drug-likeness (QED) is 0.937. The second-order valence-electron chi connectivity index (χ2n) is 4.51. The third-order valence-corrected chi connectivity index (χ3v) is 3.97. The van der Waals surface area contributed by atoms with Crippen LogP contribution in [0, 0.1) is 6.92 Å². The number of aliphatic carboxylic acids is 1. The molecule has 1 aromatic heterocycles. The van der Waals surface area contributed by atoms with E-state index < -0.39 is 11.9 Å². The number of hydrogen-bond acceptors (Lipinski definition) is 3. The Morgan fingerprint density at radius 2 is 2.00 bits per heavy atom. The van der Waals surface area contributed by atoms with E-state index in [1.165, 1.54) is 16.9 Å². The summed E-state index contributed by atoms with van der Waals surface area (Å²) >= 11 is 1.45. The van der Waals surface area contributed by atoms with Gasteiger partial charge in [0.15, 0.2) is 4.80 Å². The molecular formula is C14H16N2O2S. The highest BCUT2D eigenvalue weighted by Gasteiger charge is 2.17. The molecule has 5 heteroatoms. The molecule has 0 aliphatic heterocycles. The topological polar surface area (TPSA) is 54.6 Å². The molecular weight excluding hydrogens is 260 g/mol. The van der Waals surface area contributed by atoms with Gasteiger partial charge in [-0.25, -0.2) is 4.99 Å². The van der Waals surface area contributed by atoms with Crippen molar-refractivity contribution in [2.75, 3.05) is 0 Å². The molecule has 1 unspecified atom stereocenters. The molecule has 19 heavy (non-hydrogen) atoms. The van der Waals surface area contributed by atoms with Crippen molar-refractivity contribution in [2.45, 2.75) is 19.8 Å². The molecule has 0 spiro atoms. The van der Waals surface area contributed by atoms with Crippen LogP contribution in [0.5, 0.6) is 0 Å². The van der Waals surface area contributed by atoms with E-state index in [0.29, 0.717) is 0 Å². The third-order valence-electron chi connectivity index (χ3n) is 3.03. The Bertz CT molecular complexity index is 653. The van der Waals surface area contributed by atoms with Gasteiger partial charge in [-0.1, -0.05) is 17.7 Å². The van der Waals surface area contributed by atoms with E-state index >= 15 is 0 Å². The summed E-state index contributed by atoms with van der Waals surface area (Å²) in [7, 11) is 1.85. The van der Waals surface area contributed by atoms with Crippen molar-refractivity contribution in [2.24, 2.45) is 12.0 Å². The Kier molecular flexibility index (Phi) is 3.85. The van der Waals surface area contributed by atoms with E-state index in [1.54, 1.807) is 6.92 Å². The molecule has 1 heterocycles. The standard InChI is InChI=1S/C14H16N2O2S/c1-9-4-6-11(7-5-9)15-14-16(3)12(8-19-14)10(2)13(17)18/h4-8,10H,1-3H3,(H,17,18). The minimum atomic E-state index is -0.824. The minimum Gasteiger partial charge on any atom is -0.481 e. The summed E-state index contributed by atoms with van der Waals surface area (Å²) in [6, 6.07) is 7.92. The summed E-state index contributed by atoms with van der Waals surface area (Å²) in [6.07, 6.45) is 0. The summed E-state index contributed by atoms with van der Waals surface area (Å²) in [4.78, 5) is 16.3. The summed E-state index contributed by atoms with van der Waals surface area (Å²) in [5.41, 5.74) is 2.83. The van der Waals surface area contributed by atoms with Crippen molar-refractivity contribution >= 4 is 23.0 Å². The average Bonchev–Trinajstić information content (AvgIpc) is 2.73. The molecule has 2 rings (SSSR count). The zero-order valence-corrected chi connectivity index (χ0v) is 11.9. The van der Waals surface area contributed by atoms with Crippen molar-refractivity contribution in [1.82, 2.24) is 4.57 Å². The van der Waals surface area contributed by atoms with E-state index in [1.807, 2.05) is 48.2 Å². The van der Waals surface area contributed by atoms with Crippen LogP contribution in [0.4, 0.5) is 5.69 Å². The Hall–Kier alpha value is -1.88.